The molecule has 4 heteroatoms. The Morgan fingerprint density at radius 1 is 0.865 bits per heavy atom. The Morgan fingerprint density at radius 3 is 2.05 bits per heavy atom. The number of fused-ring (bicyclic) bond motifs is 1. The maximum atomic E-state index is 7.60. The normalized spacial score (nSPS) is 21.4. The lowest BCUT2D eigenvalue weighted by Gasteiger charge is -2.46. The number of hydrogen-bond acceptors (Lipinski definition) is 3. The van der Waals surface area contributed by atoms with E-state index in [1.165, 1.54) is 55.3 Å². The van der Waals surface area contributed by atoms with Crippen molar-refractivity contribution in [1.29, 1.82) is 0 Å². The van der Waals surface area contributed by atoms with Crippen LogP contribution in [-0.4, -0.2) is 34.9 Å². The molecular weight excluding hydrogens is 472 g/mol. The number of ether oxygens (including phenoxy) is 2. The van der Waals surface area contributed by atoms with Crippen molar-refractivity contribution < 1.29 is 13.9 Å². The lowest BCUT2D eigenvalue weighted by molar-refractivity contribution is -0.121. The van der Waals surface area contributed by atoms with Crippen molar-refractivity contribution in [2.24, 2.45) is 11.8 Å². The largest absolute Gasteiger partial charge is 0.404 e. The minimum absolute atomic E-state index is 0.0479. The van der Waals surface area contributed by atoms with E-state index in [0.29, 0.717) is 0 Å². The lowest BCUT2D eigenvalue weighted by Crippen LogP contribution is -2.67. The molecule has 4 rings (SSSR count). The summed E-state index contributed by atoms with van der Waals surface area (Å²) in [5.74, 6) is 1.56. The van der Waals surface area contributed by atoms with Gasteiger partial charge in [0.1, 0.15) is 0 Å². The quantitative estimate of drug-likeness (QED) is 0.177. The second-order valence-corrected chi connectivity index (χ2v) is 16.3. The molecule has 0 radical (unpaired) electrons. The Kier molecular flexibility index (Phi) is 9.85. The molecular formula is C33H48O3Si. The fraction of sp³-hybridized carbons (Fsp3) is 0.576. The molecule has 3 nitrogen and oxygen atoms in total. The van der Waals surface area contributed by atoms with Crippen molar-refractivity contribution in [2.45, 2.75) is 96.0 Å². The molecule has 2 aromatic rings. The van der Waals surface area contributed by atoms with Crippen LogP contribution < -0.4 is 10.4 Å². The minimum atomic E-state index is -2.65. The van der Waals surface area contributed by atoms with Crippen LogP contribution >= 0.6 is 0 Å². The third-order valence-electron chi connectivity index (χ3n) is 8.81. The van der Waals surface area contributed by atoms with Crippen LogP contribution in [0, 0.1) is 11.8 Å². The zero-order chi connectivity index (χ0) is 26.3. The number of allylic oxidation sites excluding steroid dienone is 2. The number of hydrogen-bond donors (Lipinski definition) is 0. The van der Waals surface area contributed by atoms with E-state index < -0.39 is 8.32 Å². The zero-order valence-electron chi connectivity index (χ0n) is 23.7. The van der Waals surface area contributed by atoms with Crippen molar-refractivity contribution in [3.63, 3.8) is 0 Å². The SMILES string of the molecule is COC(CC(CCC1CCCC2=CCCCC21)O[Si](c1ccccc1)(c1ccccc1)C(C)(C)C)OC. The van der Waals surface area contributed by atoms with Gasteiger partial charge in [-0.15, -0.1) is 0 Å². The molecule has 2 aliphatic carbocycles. The summed E-state index contributed by atoms with van der Waals surface area (Å²) in [4.78, 5) is 0. The van der Waals surface area contributed by atoms with Crippen LogP contribution in [0.5, 0.6) is 0 Å². The van der Waals surface area contributed by atoms with Crippen LogP contribution in [0.1, 0.15) is 78.6 Å². The van der Waals surface area contributed by atoms with E-state index in [2.05, 4.69) is 87.5 Å². The van der Waals surface area contributed by atoms with E-state index in [4.69, 9.17) is 13.9 Å². The third kappa shape index (κ3) is 6.47. The van der Waals surface area contributed by atoms with E-state index in [1.807, 2.05) is 0 Å². The standard InChI is InChI=1S/C33H48O3Si/c1-33(2,3)37(29-18-8-6-9-19-29,30-20-10-7-11-21-30)36-28(25-32(34-4)35-5)24-23-27-17-14-16-26-15-12-13-22-31(26)27/h6-11,15,18-21,27-28,31-32H,12-14,16-17,22-25H2,1-5H3. The Morgan fingerprint density at radius 2 is 1.49 bits per heavy atom. The van der Waals surface area contributed by atoms with Gasteiger partial charge in [-0.05, 0) is 78.6 Å². The fourth-order valence-corrected chi connectivity index (χ4v) is 11.7. The Balaban J connectivity index is 1.68. The van der Waals surface area contributed by atoms with Gasteiger partial charge in [-0.3, -0.25) is 0 Å². The zero-order valence-corrected chi connectivity index (χ0v) is 24.7. The molecule has 2 aliphatic rings. The molecule has 2 aromatic carbocycles. The van der Waals surface area contributed by atoms with Crippen molar-refractivity contribution in [1.82, 2.24) is 0 Å². The highest BCUT2D eigenvalue weighted by atomic mass is 28.4. The highest BCUT2D eigenvalue weighted by Gasteiger charge is 2.51. The summed E-state index contributed by atoms with van der Waals surface area (Å²) < 4.78 is 19.0. The molecule has 37 heavy (non-hydrogen) atoms. The van der Waals surface area contributed by atoms with Gasteiger partial charge >= 0.3 is 0 Å². The molecule has 0 amide bonds. The summed E-state index contributed by atoms with van der Waals surface area (Å²) in [5, 5.41) is 2.62. The molecule has 202 valence electrons. The van der Waals surface area contributed by atoms with E-state index in [-0.39, 0.29) is 17.4 Å². The molecule has 1 fully saturated rings. The van der Waals surface area contributed by atoms with E-state index in [0.717, 1.165) is 24.7 Å². The highest BCUT2D eigenvalue weighted by molar-refractivity contribution is 6.99. The molecule has 3 unspecified atom stereocenters. The average Bonchev–Trinajstić information content (AvgIpc) is 2.93. The van der Waals surface area contributed by atoms with Crippen LogP contribution in [-0.2, 0) is 13.9 Å². The topological polar surface area (TPSA) is 27.7 Å². The maximum absolute atomic E-state index is 7.60. The molecule has 1 saturated carbocycles. The molecule has 0 bridgehead atoms. The van der Waals surface area contributed by atoms with Crippen molar-refractivity contribution in [2.75, 3.05) is 14.2 Å². The van der Waals surface area contributed by atoms with Gasteiger partial charge in [0.2, 0.25) is 0 Å². The first-order valence-electron chi connectivity index (χ1n) is 14.4. The van der Waals surface area contributed by atoms with Gasteiger partial charge in [-0.25, -0.2) is 0 Å². The number of benzene rings is 2. The summed E-state index contributed by atoms with van der Waals surface area (Å²) in [6, 6.07) is 22.0. The van der Waals surface area contributed by atoms with Crippen LogP contribution in [0.25, 0.3) is 0 Å². The predicted octanol–water partition coefficient (Wildman–Crippen LogP) is 7.25. The summed E-state index contributed by atoms with van der Waals surface area (Å²) >= 11 is 0. The van der Waals surface area contributed by atoms with Gasteiger partial charge in [0, 0.05) is 20.6 Å². The van der Waals surface area contributed by atoms with Crippen molar-refractivity contribution in [3.05, 3.63) is 72.3 Å². The molecule has 3 atom stereocenters. The first kappa shape index (κ1) is 28.3. The van der Waals surface area contributed by atoms with E-state index in [9.17, 15) is 0 Å². The Labute approximate surface area is 226 Å². The van der Waals surface area contributed by atoms with E-state index in [1.54, 1.807) is 19.8 Å². The summed E-state index contributed by atoms with van der Waals surface area (Å²) in [6.07, 6.45) is 13.4. The molecule has 0 heterocycles. The van der Waals surface area contributed by atoms with Gasteiger partial charge in [0.15, 0.2) is 6.29 Å². The van der Waals surface area contributed by atoms with Crippen molar-refractivity contribution >= 4 is 18.7 Å². The van der Waals surface area contributed by atoms with Crippen LogP contribution in [0.15, 0.2) is 72.3 Å². The smallest absolute Gasteiger partial charge is 0.261 e. The molecule has 0 spiro atoms. The van der Waals surface area contributed by atoms with E-state index >= 15 is 0 Å². The van der Waals surface area contributed by atoms with Gasteiger partial charge in [0.25, 0.3) is 8.32 Å². The highest BCUT2D eigenvalue weighted by Crippen LogP contribution is 2.44. The summed E-state index contributed by atoms with van der Waals surface area (Å²) in [7, 11) is 0.840. The van der Waals surface area contributed by atoms with Gasteiger partial charge in [0.05, 0.1) is 6.10 Å². The van der Waals surface area contributed by atoms with Gasteiger partial charge in [-0.2, -0.15) is 0 Å². The molecule has 0 aromatic heterocycles. The number of methoxy groups -OCH3 is 2. The second-order valence-electron chi connectivity index (χ2n) is 12.1. The first-order chi connectivity index (χ1) is 17.9. The summed E-state index contributed by atoms with van der Waals surface area (Å²) in [6.45, 7) is 7.09. The Bertz CT molecular complexity index is 938. The monoisotopic (exact) mass is 520 g/mol. The van der Waals surface area contributed by atoms with Crippen molar-refractivity contribution in [3.8, 4) is 0 Å². The number of rotatable bonds is 11. The fourth-order valence-electron chi connectivity index (χ4n) is 6.97. The first-order valence-corrected chi connectivity index (χ1v) is 16.3. The second kappa shape index (κ2) is 12.9. The predicted molar refractivity (Wildman–Crippen MR) is 157 cm³/mol. The molecule has 0 saturated heterocycles. The Hall–Kier alpha value is -1.72. The molecule has 0 N–H and O–H groups in total. The van der Waals surface area contributed by atoms with Crippen LogP contribution in [0.4, 0.5) is 0 Å². The average molecular weight is 521 g/mol. The minimum Gasteiger partial charge on any atom is -0.404 e. The third-order valence-corrected chi connectivity index (χ3v) is 13.9. The summed E-state index contributed by atoms with van der Waals surface area (Å²) in [5.41, 5.74) is 1.75. The lowest BCUT2D eigenvalue weighted by atomic mass is 9.69. The van der Waals surface area contributed by atoms with Gasteiger partial charge < -0.3 is 13.9 Å². The van der Waals surface area contributed by atoms with Crippen LogP contribution in [0.2, 0.25) is 5.04 Å². The molecule has 0 aliphatic heterocycles. The van der Waals surface area contributed by atoms with Crippen LogP contribution in [0.3, 0.4) is 0 Å². The maximum Gasteiger partial charge on any atom is 0.261 e. The van der Waals surface area contributed by atoms with Gasteiger partial charge in [-0.1, -0.05) is 93.1 Å².